The molecule has 31 rings (SSSR count). The van der Waals surface area contributed by atoms with Gasteiger partial charge in [-0.2, -0.15) is 0 Å². The van der Waals surface area contributed by atoms with Crippen LogP contribution in [0.25, 0.3) is 89.0 Å². The Morgan fingerprint density at radius 2 is 0.407 bits per heavy atom. The van der Waals surface area contributed by atoms with Gasteiger partial charge in [0, 0.05) is 84.4 Å². The van der Waals surface area contributed by atoms with Crippen LogP contribution >= 0.6 is 0 Å². The molecule has 0 fully saturated rings. The van der Waals surface area contributed by atoms with Crippen molar-refractivity contribution in [2.45, 2.75) is 0 Å². The van der Waals surface area contributed by atoms with Gasteiger partial charge in [0.05, 0.1) is 0 Å². The molecule has 0 N–H and O–H groups in total. The second-order valence-corrected chi connectivity index (χ2v) is 39.7. The molecule has 0 aromatic heterocycles. The zero-order chi connectivity index (χ0) is 98.8. The van der Waals surface area contributed by atoms with Crippen molar-refractivity contribution in [3.63, 3.8) is 0 Å². The highest BCUT2D eigenvalue weighted by molar-refractivity contribution is 7.13. The fourth-order valence-electron chi connectivity index (χ4n) is 24.8. The predicted octanol–water partition coefficient (Wildman–Crippen LogP) is 25.1. The van der Waals surface area contributed by atoms with Gasteiger partial charge in [-0.25, -0.2) is 0 Å². The Hall–Kier alpha value is -19.0. The van der Waals surface area contributed by atoms with Crippen molar-refractivity contribution in [1.82, 2.24) is 0 Å². The quantitative estimate of drug-likeness (QED) is 0.113. The number of nitrogens with zero attached hydrogens (tertiary/aromatic N) is 3. The minimum Gasteiger partial charge on any atom is -0.458 e. The highest BCUT2D eigenvalue weighted by Crippen LogP contribution is 2.53. The second-order valence-electron chi connectivity index (χ2n) is 39.7. The number of ether oxygens (including phenoxy) is 4. The number of anilines is 9. The summed E-state index contributed by atoms with van der Waals surface area (Å²) < 4.78 is 27.9. The summed E-state index contributed by atoms with van der Waals surface area (Å²) in [5, 5.41) is 0. The highest BCUT2D eigenvalue weighted by atomic mass is 16.5. The first-order valence-electron chi connectivity index (χ1n) is 51.8. The number of rotatable bonds is 12. The molecule has 0 bridgehead atoms. The molecule has 0 amide bonds. The summed E-state index contributed by atoms with van der Waals surface area (Å²) in [4.78, 5) is 7.54. The van der Waals surface area contributed by atoms with Crippen molar-refractivity contribution in [2.24, 2.45) is 0 Å². The molecule has 0 saturated carbocycles. The van der Waals surface area contributed by atoms with Gasteiger partial charge in [0.25, 0.3) is 20.1 Å². The lowest BCUT2D eigenvalue weighted by Crippen LogP contribution is -2.77. The first-order valence-corrected chi connectivity index (χ1v) is 51.8. The maximum absolute atomic E-state index is 6.99. The van der Waals surface area contributed by atoms with Gasteiger partial charge in [0.15, 0.2) is 0 Å². The van der Waals surface area contributed by atoms with E-state index in [1.807, 2.05) is 0 Å². The summed E-state index contributed by atoms with van der Waals surface area (Å²) in [7, 11) is 0. The Morgan fingerprint density at radius 3 is 0.800 bits per heavy atom. The van der Waals surface area contributed by atoms with E-state index in [0.29, 0.717) is 0 Å². The van der Waals surface area contributed by atoms with E-state index in [9.17, 15) is 0 Å². The van der Waals surface area contributed by atoms with Crippen LogP contribution in [0.5, 0.6) is 46.0 Å². The topological polar surface area (TPSA) is 46.6 Å². The molecule has 7 nitrogen and oxygen atoms in total. The molecule has 0 aliphatic carbocycles. The van der Waals surface area contributed by atoms with Crippen LogP contribution < -0.4 is 116 Å². The molecule has 23 aromatic carbocycles. The maximum Gasteiger partial charge on any atom is 0.260 e. The molecular formula is C138H90B5N3O4. The molecule has 8 aliphatic rings. The Kier molecular flexibility index (Phi) is 21.4. The Morgan fingerprint density at radius 1 is 0.133 bits per heavy atom. The van der Waals surface area contributed by atoms with Gasteiger partial charge in [-0.05, 0) is 219 Å². The molecule has 8 heterocycles. The summed E-state index contributed by atoms with van der Waals surface area (Å²) in [6, 6.07) is 197. The fraction of sp³-hybridized carbons (Fsp3) is 0. The first kappa shape index (κ1) is 87.6. The standard InChI is InChI=1S/C54H36B3N3.2C42H27BO2/c1-5-19-37(20-6-1)55-41-27-13-14-28-42(41)56-45-35-46-52(36-51(45)59(39-23-9-3-10-24-39)48-32-17-30-44(55)53(48)56)60(40-25-11-4-12-26-40)50-34-18-33-49-54(50)57(46)43-29-15-16-31-47(43)58(49)38-21-7-2-8-22-38;1-5-13-28(14-6-1)32-21-23-38-36(25-32)43-37-26-33(29-15-7-2-8-16-29)22-24-39(37)45-42-35(31-19-11-4-12-20-31)27-34(41(44-38)40(42)43)30-17-9-3-10-18-30;1-5-13-28(14-6-1)32-21-23-36-38(25-32)44-41-34(30-17-9-3-10-18-30)27-35(31-19-11-4-12-20-31)42-40(41)43(36)37-24-22-33(26-39(37)45-42)29-15-7-2-8-16-29/h1-36H;2*1-27H. The summed E-state index contributed by atoms with van der Waals surface area (Å²) in [6.45, 7) is 0.0613. The zero-order valence-corrected chi connectivity index (χ0v) is 81.8. The number of fused-ring (bicyclic) bond motifs is 16. The van der Waals surface area contributed by atoms with Crippen LogP contribution in [0.3, 0.4) is 0 Å². The van der Waals surface area contributed by atoms with Crippen molar-refractivity contribution < 1.29 is 18.9 Å². The van der Waals surface area contributed by atoms with E-state index >= 15 is 0 Å². The summed E-state index contributed by atoms with van der Waals surface area (Å²) in [5.74, 6) is 6.94. The third-order valence-electron chi connectivity index (χ3n) is 31.4. The molecule has 0 unspecified atom stereocenters. The minimum absolute atomic E-state index is 0.0188. The fourth-order valence-corrected chi connectivity index (χ4v) is 24.8. The van der Waals surface area contributed by atoms with Gasteiger partial charge in [0.2, 0.25) is 13.4 Å². The number of hydrogen-bond donors (Lipinski definition) is 0. The van der Waals surface area contributed by atoms with Gasteiger partial charge in [0.1, 0.15) is 46.0 Å². The molecule has 0 saturated heterocycles. The summed E-state index contributed by atoms with van der Waals surface area (Å²) >= 11 is 0. The van der Waals surface area contributed by atoms with Crippen LogP contribution in [-0.2, 0) is 0 Å². The SMILES string of the molecule is c1ccc(-c2ccc3c(c2)B2c4cc(-c5ccccc5)ccc4Oc4c(-c5ccccc5)cc(-c5ccccc5)c(c42)O3)cc1.c1ccc(-c2ccc3c(c2)Oc2c(-c4ccccc4)cc(-c4ccccc4)c4c2B3c2ccc(-c3ccccc3)cc2O4)cc1.c1ccc(B2c3ccccc3B3c4cc5c(cc4N(c4ccccc4)c4cccc2c43)N(c2ccccc2)c2cccc3c2B5c2ccccc2N3c2ccccc2)cc1. The minimum atomic E-state index is -0.0825. The van der Waals surface area contributed by atoms with Crippen LogP contribution in [0.2, 0.25) is 0 Å². The number of hydrogen-bond acceptors (Lipinski definition) is 7. The molecule has 0 atom stereocenters. The normalized spacial score (nSPS) is 12.9. The highest BCUT2D eigenvalue weighted by Gasteiger charge is 2.51. The van der Waals surface area contributed by atoms with Crippen LogP contribution in [0.1, 0.15) is 0 Å². The number of benzene rings is 23. The molecule has 696 valence electrons. The molecule has 23 aromatic rings. The van der Waals surface area contributed by atoms with Gasteiger partial charge < -0.3 is 33.6 Å². The van der Waals surface area contributed by atoms with Gasteiger partial charge in [-0.15, -0.1) is 0 Å². The van der Waals surface area contributed by atoms with Gasteiger partial charge in [-0.3, -0.25) is 0 Å². The largest absolute Gasteiger partial charge is 0.458 e. The smallest absolute Gasteiger partial charge is 0.260 e. The third kappa shape index (κ3) is 14.7. The zero-order valence-electron chi connectivity index (χ0n) is 81.8. The van der Waals surface area contributed by atoms with Crippen LogP contribution in [0.15, 0.2) is 546 Å². The molecule has 12 heteroatoms. The van der Waals surface area contributed by atoms with Crippen molar-refractivity contribution in [3.05, 3.63) is 546 Å². The number of para-hydroxylation sites is 4. The van der Waals surface area contributed by atoms with Crippen molar-refractivity contribution in [1.29, 1.82) is 0 Å². The van der Waals surface area contributed by atoms with E-state index in [-0.39, 0.29) is 33.6 Å². The lowest BCUT2D eigenvalue weighted by atomic mass is 9.20. The lowest BCUT2D eigenvalue weighted by molar-refractivity contribution is 0.466. The maximum atomic E-state index is 6.99. The summed E-state index contributed by atoms with van der Waals surface area (Å²) in [6.07, 6.45) is 0. The van der Waals surface area contributed by atoms with Crippen LogP contribution in [-0.4, -0.2) is 33.6 Å². The molecule has 0 spiro atoms. The van der Waals surface area contributed by atoms with Gasteiger partial charge >= 0.3 is 0 Å². The molecule has 150 heavy (non-hydrogen) atoms. The average Bonchev–Trinajstić information content (AvgIpc) is 0.683. The Balaban J connectivity index is 0.000000107. The van der Waals surface area contributed by atoms with E-state index in [4.69, 9.17) is 18.9 Å². The van der Waals surface area contributed by atoms with Crippen molar-refractivity contribution >= 4 is 167 Å². The monoisotopic (exact) mass is 1910 g/mol. The van der Waals surface area contributed by atoms with E-state index in [1.165, 1.54) is 94.4 Å². The Bertz CT molecular complexity index is 8700. The van der Waals surface area contributed by atoms with E-state index < -0.39 is 0 Å². The lowest BCUT2D eigenvalue weighted by Gasteiger charge is -2.46. The van der Waals surface area contributed by atoms with Crippen molar-refractivity contribution in [3.8, 4) is 135 Å². The third-order valence-corrected chi connectivity index (χ3v) is 31.4. The Labute approximate surface area is 875 Å². The molecule has 8 aliphatic heterocycles. The molecular weight excluding hydrogens is 1820 g/mol. The predicted molar refractivity (Wildman–Crippen MR) is 629 cm³/mol. The van der Waals surface area contributed by atoms with Crippen molar-refractivity contribution in [2.75, 3.05) is 14.7 Å². The van der Waals surface area contributed by atoms with E-state index in [0.717, 1.165) is 174 Å². The second kappa shape index (κ2) is 36.6. The first-order chi connectivity index (χ1) is 74.5. The van der Waals surface area contributed by atoms with E-state index in [2.05, 4.69) is 561 Å². The molecule has 0 radical (unpaired) electrons. The van der Waals surface area contributed by atoms with Gasteiger partial charge in [-0.1, -0.05) is 465 Å². The van der Waals surface area contributed by atoms with Crippen LogP contribution in [0, 0.1) is 0 Å². The van der Waals surface area contributed by atoms with Crippen LogP contribution in [0.4, 0.5) is 51.2 Å². The average molecular weight is 1910 g/mol. The summed E-state index contributed by atoms with van der Waals surface area (Å²) in [5.41, 5.74) is 47.7. The van der Waals surface area contributed by atoms with E-state index in [1.54, 1.807) is 0 Å².